The topological polar surface area (TPSA) is 47.6 Å². The molecule has 0 atom stereocenters. The van der Waals surface area contributed by atoms with E-state index in [2.05, 4.69) is 6.58 Å². The molecule has 0 N–H and O–H groups in total. The molecule has 0 bridgehead atoms. The highest BCUT2D eigenvalue weighted by atomic mass is 19.1. The highest BCUT2D eigenvalue weighted by Gasteiger charge is 2.22. The van der Waals surface area contributed by atoms with Gasteiger partial charge in [-0.25, -0.2) is 8.78 Å². The molecule has 0 fully saturated rings. The molecular formula is C12H8F2N2. The Balaban J connectivity index is 3.88. The number of hydrogen-bond donors (Lipinski definition) is 0. The molecule has 1 aromatic carbocycles. The fourth-order valence-corrected chi connectivity index (χ4v) is 1.54. The zero-order valence-corrected chi connectivity index (χ0v) is 8.86. The monoisotopic (exact) mass is 218 g/mol. The molecule has 0 aliphatic carbocycles. The molecule has 16 heavy (non-hydrogen) atoms. The van der Waals surface area contributed by atoms with E-state index in [1.165, 1.54) is 19.9 Å². The summed E-state index contributed by atoms with van der Waals surface area (Å²) in [6.07, 6.45) is 0. The van der Waals surface area contributed by atoms with Crippen molar-refractivity contribution in [2.24, 2.45) is 0 Å². The lowest BCUT2D eigenvalue weighted by Gasteiger charge is -2.11. The zero-order chi connectivity index (χ0) is 12.5. The summed E-state index contributed by atoms with van der Waals surface area (Å²) >= 11 is 0. The Morgan fingerprint density at radius 3 is 2.00 bits per heavy atom. The first-order valence-corrected chi connectivity index (χ1v) is 4.43. The SMILES string of the molecule is C=C(C)c1c(C)c(C#N)c(F)c(C#N)c1F. The molecule has 0 unspecified atom stereocenters. The molecule has 0 amide bonds. The molecular weight excluding hydrogens is 210 g/mol. The summed E-state index contributed by atoms with van der Waals surface area (Å²) in [6.45, 7) is 6.51. The molecule has 0 aliphatic rings. The van der Waals surface area contributed by atoms with Crippen molar-refractivity contribution in [2.45, 2.75) is 13.8 Å². The van der Waals surface area contributed by atoms with Crippen LogP contribution in [0.4, 0.5) is 8.78 Å². The average Bonchev–Trinajstić information content (AvgIpc) is 2.18. The van der Waals surface area contributed by atoms with Crippen LogP contribution in [0.2, 0.25) is 0 Å². The van der Waals surface area contributed by atoms with E-state index in [4.69, 9.17) is 10.5 Å². The smallest absolute Gasteiger partial charge is 0.162 e. The van der Waals surface area contributed by atoms with Gasteiger partial charge in [0.25, 0.3) is 0 Å². The Morgan fingerprint density at radius 1 is 1.12 bits per heavy atom. The van der Waals surface area contributed by atoms with Crippen molar-refractivity contribution in [3.8, 4) is 12.1 Å². The maximum absolute atomic E-state index is 13.7. The fourth-order valence-electron chi connectivity index (χ4n) is 1.54. The van der Waals surface area contributed by atoms with Gasteiger partial charge in [-0.3, -0.25) is 0 Å². The van der Waals surface area contributed by atoms with Crippen molar-refractivity contribution in [1.82, 2.24) is 0 Å². The van der Waals surface area contributed by atoms with Crippen molar-refractivity contribution in [2.75, 3.05) is 0 Å². The summed E-state index contributed by atoms with van der Waals surface area (Å²) in [7, 11) is 0. The van der Waals surface area contributed by atoms with Gasteiger partial charge in [0.15, 0.2) is 11.6 Å². The highest BCUT2D eigenvalue weighted by molar-refractivity contribution is 5.69. The Labute approximate surface area is 92.0 Å². The Morgan fingerprint density at radius 2 is 1.62 bits per heavy atom. The van der Waals surface area contributed by atoms with Gasteiger partial charge in [-0.1, -0.05) is 6.58 Å². The van der Waals surface area contributed by atoms with E-state index in [0.717, 1.165) is 0 Å². The third kappa shape index (κ3) is 1.55. The number of nitrogens with zero attached hydrogens (tertiary/aromatic N) is 2. The van der Waals surface area contributed by atoms with Gasteiger partial charge in [0, 0.05) is 5.56 Å². The van der Waals surface area contributed by atoms with Crippen molar-refractivity contribution in [3.63, 3.8) is 0 Å². The van der Waals surface area contributed by atoms with Crippen LogP contribution in [0.1, 0.15) is 29.2 Å². The largest absolute Gasteiger partial charge is 0.205 e. The molecule has 0 saturated carbocycles. The van der Waals surface area contributed by atoms with Gasteiger partial charge < -0.3 is 0 Å². The number of nitriles is 2. The van der Waals surface area contributed by atoms with Gasteiger partial charge >= 0.3 is 0 Å². The van der Waals surface area contributed by atoms with E-state index >= 15 is 0 Å². The molecule has 0 spiro atoms. The number of rotatable bonds is 1. The summed E-state index contributed by atoms with van der Waals surface area (Å²) in [5, 5.41) is 17.4. The molecule has 2 nitrogen and oxygen atoms in total. The van der Waals surface area contributed by atoms with E-state index in [1.807, 2.05) is 0 Å². The second-order valence-corrected chi connectivity index (χ2v) is 3.38. The van der Waals surface area contributed by atoms with Crippen LogP contribution in [-0.4, -0.2) is 0 Å². The highest BCUT2D eigenvalue weighted by Crippen LogP contribution is 2.28. The first kappa shape index (κ1) is 11.9. The molecule has 4 heteroatoms. The van der Waals surface area contributed by atoms with E-state index < -0.39 is 17.2 Å². The maximum Gasteiger partial charge on any atom is 0.162 e. The van der Waals surface area contributed by atoms with E-state index in [-0.39, 0.29) is 16.7 Å². The molecule has 0 saturated heterocycles. The van der Waals surface area contributed by atoms with Crippen LogP contribution >= 0.6 is 0 Å². The first-order chi connectivity index (χ1) is 7.45. The molecule has 1 rings (SSSR count). The second-order valence-electron chi connectivity index (χ2n) is 3.38. The summed E-state index contributed by atoms with van der Waals surface area (Å²) in [6, 6.07) is 3.05. The minimum atomic E-state index is -1.11. The van der Waals surface area contributed by atoms with Gasteiger partial charge in [-0.05, 0) is 25.0 Å². The quantitative estimate of drug-likeness (QED) is 0.727. The van der Waals surface area contributed by atoms with Crippen LogP contribution in [-0.2, 0) is 0 Å². The van der Waals surface area contributed by atoms with Crippen molar-refractivity contribution in [1.29, 1.82) is 10.5 Å². The van der Waals surface area contributed by atoms with Gasteiger partial charge in [-0.15, -0.1) is 0 Å². The first-order valence-electron chi connectivity index (χ1n) is 4.43. The Kier molecular flexibility index (Phi) is 3.06. The molecule has 0 aliphatic heterocycles. The third-order valence-corrected chi connectivity index (χ3v) is 2.28. The van der Waals surface area contributed by atoms with E-state index in [1.54, 1.807) is 6.07 Å². The van der Waals surface area contributed by atoms with Crippen molar-refractivity contribution < 1.29 is 8.78 Å². The lowest BCUT2D eigenvalue weighted by Crippen LogP contribution is -2.04. The number of benzene rings is 1. The molecule has 80 valence electrons. The molecule has 1 aromatic rings. The van der Waals surface area contributed by atoms with Crippen molar-refractivity contribution >= 4 is 5.57 Å². The van der Waals surface area contributed by atoms with Crippen molar-refractivity contribution in [3.05, 3.63) is 40.5 Å². The lowest BCUT2D eigenvalue weighted by molar-refractivity contribution is 0.570. The normalized spacial score (nSPS) is 9.38. The van der Waals surface area contributed by atoms with Crippen LogP contribution in [0.3, 0.4) is 0 Å². The summed E-state index contributed by atoms with van der Waals surface area (Å²) in [5.74, 6) is -2.06. The molecule has 0 radical (unpaired) electrons. The maximum atomic E-state index is 13.7. The summed E-state index contributed by atoms with van der Waals surface area (Å²) in [4.78, 5) is 0. The number of halogens is 2. The minimum Gasteiger partial charge on any atom is -0.205 e. The summed E-state index contributed by atoms with van der Waals surface area (Å²) in [5.41, 5.74) is -0.488. The lowest BCUT2D eigenvalue weighted by atomic mass is 9.94. The Hall–Kier alpha value is -2.20. The minimum absolute atomic E-state index is 0.0366. The number of hydrogen-bond acceptors (Lipinski definition) is 2. The standard InChI is InChI=1S/C12H8F2N2/c1-6(2)10-7(3)8(4-15)11(13)9(5-16)12(10)14/h1H2,2-3H3. The predicted molar refractivity (Wildman–Crippen MR) is 55.2 cm³/mol. The predicted octanol–water partition coefficient (Wildman–Crippen LogP) is 3.05. The average molecular weight is 218 g/mol. The van der Waals surface area contributed by atoms with Gasteiger partial charge in [-0.2, -0.15) is 10.5 Å². The van der Waals surface area contributed by atoms with Crippen LogP contribution < -0.4 is 0 Å². The van der Waals surface area contributed by atoms with Crippen LogP contribution in [0.25, 0.3) is 5.57 Å². The van der Waals surface area contributed by atoms with E-state index in [0.29, 0.717) is 5.57 Å². The van der Waals surface area contributed by atoms with Gasteiger partial charge in [0.2, 0.25) is 0 Å². The zero-order valence-electron chi connectivity index (χ0n) is 8.86. The Bertz CT molecular complexity index is 519. The van der Waals surface area contributed by atoms with Crippen LogP contribution in [0.15, 0.2) is 6.58 Å². The number of allylic oxidation sites excluding steroid dienone is 1. The van der Waals surface area contributed by atoms with Gasteiger partial charge in [0.05, 0.1) is 5.56 Å². The van der Waals surface area contributed by atoms with Crippen LogP contribution in [0, 0.1) is 41.2 Å². The molecule has 0 aromatic heterocycles. The fraction of sp³-hybridized carbons (Fsp3) is 0.167. The third-order valence-electron chi connectivity index (χ3n) is 2.28. The van der Waals surface area contributed by atoms with Gasteiger partial charge in [0.1, 0.15) is 17.7 Å². The van der Waals surface area contributed by atoms with Crippen LogP contribution in [0.5, 0.6) is 0 Å². The second kappa shape index (κ2) is 4.12. The molecule has 0 heterocycles. The summed E-state index contributed by atoms with van der Waals surface area (Å²) < 4.78 is 27.3. The van der Waals surface area contributed by atoms with E-state index in [9.17, 15) is 8.78 Å².